The molecule has 1 aliphatic carbocycles. The SMILES string of the molecule is c1ccc2c(c1)C1=Nc3cc(-c4ccc(-c5nc6ccccc6s5)cc4)ccc3C1c1ccccc1-2. The summed E-state index contributed by atoms with van der Waals surface area (Å²) in [5.74, 6) is 0.196. The zero-order chi connectivity index (χ0) is 23.6. The fraction of sp³-hybridized carbons (Fsp3) is 0.0303. The van der Waals surface area contributed by atoms with Gasteiger partial charge in [-0.2, -0.15) is 0 Å². The zero-order valence-electron chi connectivity index (χ0n) is 19.3. The molecule has 0 spiro atoms. The maximum Gasteiger partial charge on any atom is 0.124 e. The van der Waals surface area contributed by atoms with Gasteiger partial charge in [-0.3, -0.25) is 4.99 Å². The van der Waals surface area contributed by atoms with E-state index in [4.69, 9.17) is 9.98 Å². The highest BCUT2D eigenvalue weighted by Gasteiger charge is 2.36. The first-order valence-corrected chi connectivity index (χ1v) is 13.0. The van der Waals surface area contributed by atoms with Gasteiger partial charge < -0.3 is 0 Å². The van der Waals surface area contributed by atoms with Crippen molar-refractivity contribution in [2.75, 3.05) is 0 Å². The number of hydrogen-bond donors (Lipinski definition) is 0. The summed E-state index contributed by atoms with van der Waals surface area (Å²) < 4.78 is 1.22. The Bertz CT molecular complexity index is 1810. The third kappa shape index (κ3) is 2.90. The number of fused-ring (bicyclic) bond motifs is 9. The number of rotatable bonds is 2. The maximum atomic E-state index is 5.20. The van der Waals surface area contributed by atoms with Gasteiger partial charge >= 0.3 is 0 Å². The lowest BCUT2D eigenvalue weighted by Gasteiger charge is -2.26. The minimum Gasteiger partial charge on any atom is -0.251 e. The average Bonchev–Trinajstić information content (AvgIpc) is 3.55. The second-order valence-corrected chi connectivity index (χ2v) is 10.4. The van der Waals surface area contributed by atoms with Gasteiger partial charge in [-0.25, -0.2) is 4.98 Å². The van der Waals surface area contributed by atoms with E-state index in [1.54, 1.807) is 11.3 Å². The second-order valence-electron chi connectivity index (χ2n) is 9.40. The summed E-state index contributed by atoms with van der Waals surface area (Å²) in [4.78, 5) is 10.0. The number of aliphatic imine (C=N–C) groups is 1. The van der Waals surface area contributed by atoms with E-state index in [9.17, 15) is 0 Å². The molecular weight excluding hydrogens is 456 g/mol. The smallest absolute Gasteiger partial charge is 0.124 e. The molecule has 0 amide bonds. The van der Waals surface area contributed by atoms with E-state index in [0.29, 0.717) is 0 Å². The summed E-state index contributed by atoms with van der Waals surface area (Å²) in [6.07, 6.45) is 0. The first-order chi connectivity index (χ1) is 17.8. The van der Waals surface area contributed by atoms with E-state index < -0.39 is 0 Å². The molecule has 1 aromatic heterocycles. The number of hydrogen-bond acceptors (Lipinski definition) is 3. The Balaban J connectivity index is 1.19. The molecule has 0 fully saturated rings. The Hall–Kier alpha value is -4.34. The normalized spacial score (nSPS) is 15.1. The highest BCUT2D eigenvalue weighted by Crippen LogP contribution is 2.50. The standard InChI is InChI=1S/C33H20N2S/c1-3-9-25-23(7-1)24-8-2-4-10-26(24)32-31(25)27-18-17-22(19-29(27)34-32)20-13-15-21(16-14-20)33-35-28-11-5-6-12-30(28)36-33/h1-19,31H. The monoisotopic (exact) mass is 476 g/mol. The van der Waals surface area contributed by atoms with E-state index in [-0.39, 0.29) is 5.92 Å². The van der Waals surface area contributed by atoms with Gasteiger partial charge in [0.05, 0.1) is 27.5 Å². The molecule has 2 nitrogen and oxygen atoms in total. The van der Waals surface area contributed by atoms with Crippen LogP contribution in [0.2, 0.25) is 0 Å². The lowest BCUT2D eigenvalue weighted by atomic mass is 9.75. The predicted molar refractivity (Wildman–Crippen MR) is 150 cm³/mol. The molecule has 0 radical (unpaired) electrons. The predicted octanol–water partition coefficient (Wildman–Crippen LogP) is 8.88. The van der Waals surface area contributed by atoms with Crippen LogP contribution in [0.1, 0.15) is 22.6 Å². The van der Waals surface area contributed by atoms with Crippen LogP contribution in [0.3, 0.4) is 0 Å². The molecule has 5 aromatic carbocycles. The molecule has 1 aliphatic heterocycles. The van der Waals surface area contributed by atoms with Crippen LogP contribution in [0.5, 0.6) is 0 Å². The summed E-state index contributed by atoms with van der Waals surface area (Å²) in [6.45, 7) is 0. The third-order valence-corrected chi connectivity index (χ3v) is 8.47. The van der Waals surface area contributed by atoms with Crippen LogP contribution in [0.15, 0.2) is 120 Å². The highest BCUT2D eigenvalue weighted by atomic mass is 32.1. The van der Waals surface area contributed by atoms with Crippen molar-refractivity contribution in [2.45, 2.75) is 5.92 Å². The number of para-hydroxylation sites is 1. The van der Waals surface area contributed by atoms with Crippen LogP contribution in [0.4, 0.5) is 5.69 Å². The van der Waals surface area contributed by atoms with E-state index in [0.717, 1.165) is 21.8 Å². The first kappa shape index (κ1) is 19.9. The lowest BCUT2D eigenvalue weighted by molar-refractivity contribution is 1.10. The van der Waals surface area contributed by atoms with Crippen molar-refractivity contribution in [1.29, 1.82) is 0 Å². The molecule has 1 unspecified atom stereocenters. The Kier molecular flexibility index (Phi) is 4.19. The summed E-state index contributed by atoms with van der Waals surface area (Å²) in [5.41, 5.74) is 13.3. The molecular formula is C33H20N2S. The Morgan fingerprint density at radius 1 is 0.556 bits per heavy atom. The molecule has 36 heavy (non-hydrogen) atoms. The van der Waals surface area contributed by atoms with Gasteiger partial charge in [0.2, 0.25) is 0 Å². The Labute approximate surface area is 213 Å². The topological polar surface area (TPSA) is 25.2 Å². The molecule has 0 bridgehead atoms. The molecule has 0 N–H and O–H groups in total. The minimum absolute atomic E-state index is 0.196. The second kappa shape index (κ2) is 7.58. The molecule has 0 saturated carbocycles. The molecule has 6 aromatic rings. The highest BCUT2D eigenvalue weighted by molar-refractivity contribution is 7.21. The quantitative estimate of drug-likeness (QED) is 0.245. The van der Waals surface area contributed by atoms with Crippen LogP contribution in [0.25, 0.3) is 43.0 Å². The molecule has 1 atom stereocenters. The van der Waals surface area contributed by atoms with Crippen molar-refractivity contribution in [3.63, 3.8) is 0 Å². The average molecular weight is 477 g/mol. The summed E-state index contributed by atoms with van der Waals surface area (Å²) in [6, 6.07) is 41.3. The van der Waals surface area contributed by atoms with Crippen LogP contribution in [-0.4, -0.2) is 10.7 Å². The van der Waals surface area contributed by atoms with Crippen molar-refractivity contribution in [1.82, 2.24) is 4.98 Å². The molecule has 168 valence electrons. The number of thiazole rings is 1. The largest absolute Gasteiger partial charge is 0.251 e. The summed E-state index contributed by atoms with van der Waals surface area (Å²) >= 11 is 1.74. The fourth-order valence-electron chi connectivity index (χ4n) is 5.67. The van der Waals surface area contributed by atoms with Crippen LogP contribution >= 0.6 is 11.3 Å². The zero-order valence-corrected chi connectivity index (χ0v) is 20.2. The van der Waals surface area contributed by atoms with Gasteiger partial charge in [0, 0.05) is 11.1 Å². The minimum atomic E-state index is 0.196. The van der Waals surface area contributed by atoms with Gasteiger partial charge in [-0.05, 0) is 51.6 Å². The molecule has 8 rings (SSSR count). The Morgan fingerprint density at radius 2 is 1.25 bits per heavy atom. The maximum absolute atomic E-state index is 5.20. The third-order valence-electron chi connectivity index (χ3n) is 7.38. The number of nitrogens with zero attached hydrogens (tertiary/aromatic N) is 2. The van der Waals surface area contributed by atoms with Gasteiger partial charge in [0.25, 0.3) is 0 Å². The van der Waals surface area contributed by atoms with E-state index in [1.807, 2.05) is 6.07 Å². The van der Waals surface area contributed by atoms with E-state index >= 15 is 0 Å². The fourth-order valence-corrected chi connectivity index (χ4v) is 6.64. The van der Waals surface area contributed by atoms with Gasteiger partial charge in [-0.15, -0.1) is 11.3 Å². The van der Waals surface area contributed by atoms with Crippen molar-refractivity contribution in [2.24, 2.45) is 4.99 Å². The van der Waals surface area contributed by atoms with Crippen LogP contribution in [-0.2, 0) is 0 Å². The Morgan fingerprint density at radius 3 is 2.11 bits per heavy atom. The van der Waals surface area contributed by atoms with Crippen molar-refractivity contribution < 1.29 is 0 Å². The van der Waals surface area contributed by atoms with Gasteiger partial charge in [-0.1, -0.05) is 97.1 Å². The van der Waals surface area contributed by atoms with Gasteiger partial charge in [0.1, 0.15) is 5.01 Å². The van der Waals surface area contributed by atoms with E-state index in [2.05, 4.69) is 109 Å². The van der Waals surface area contributed by atoms with Gasteiger partial charge in [0.15, 0.2) is 0 Å². The summed E-state index contributed by atoms with van der Waals surface area (Å²) in [7, 11) is 0. The number of benzene rings is 5. The molecule has 2 heterocycles. The molecule has 2 aliphatic rings. The molecule has 3 heteroatoms. The van der Waals surface area contributed by atoms with Crippen LogP contribution in [0, 0.1) is 0 Å². The number of aromatic nitrogens is 1. The van der Waals surface area contributed by atoms with Crippen molar-refractivity contribution in [3.05, 3.63) is 132 Å². The van der Waals surface area contributed by atoms with Crippen LogP contribution < -0.4 is 0 Å². The van der Waals surface area contributed by atoms with Crippen molar-refractivity contribution in [3.8, 4) is 32.8 Å². The van der Waals surface area contributed by atoms with Crippen molar-refractivity contribution >= 4 is 33.0 Å². The summed E-state index contributed by atoms with van der Waals surface area (Å²) in [5, 5.41) is 1.06. The lowest BCUT2D eigenvalue weighted by Crippen LogP contribution is -2.18. The first-order valence-electron chi connectivity index (χ1n) is 12.2. The molecule has 0 saturated heterocycles. The van der Waals surface area contributed by atoms with E-state index in [1.165, 1.54) is 49.4 Å².